The molecule has 6 heteroatoms. The van der Waals surface area contributed by atoms with Crippen LogP contribution < -0.4 is 4.90 Å². The maximum atomic E-state index is 13.5. The summed E-state index contributed by atoms with van der Waals surface area (Å²) in [5.41, 5.74) is 1.59. The SMILES string of the molecule is COC(=O)[C@H]1C(=O)N2c3ccccc3CO[C@]2(C)C[C@@H]1c1ccccc1Cl. The molecule has 1 fully saturated rings. The van der Waals surface area contributed by atoms with Gasteiger partial charge in [-0.3, -0.25) is 14.5 Å². The van der Waals surface area contributed by atoms with Gasteiger partial charge in [0, 0.05) is 22.9 Å². The number of halogens is 1. The summed E-state index contributed by atoms with van der Waals surface area (Å²) in [5.74, 6) is -2.29. The van der Waals surface area contributed by atoms with Crippen molar-refractivity contribution in [1.82, 2.24) is 0 Å². The predicted octanol–water partition coefficient (Wildman–Crippen LogP) is 3.90. The average Bonchev–Trinajstić information content (AvgIpc) is 2.67. The molecule has 2 heterocycles. The van der Waals surface area contributed by atoms with Crippen LogP contribution in [0.25, 0.3) is 0 Å². The lowest BCUT2D eigenvalue weighted by Crippen LogP contribution is -2.62. The van der Waals surface area contributed by atoms with E-state index < -0.39 is 23.5 Å². The molecular formula is C21H20ClNO4. The highest BCUT2D eigenvalue weighted by molar-refractivity contribution is 6.31. The van der Waals surface area contributed by atoms with Gasteiger partial charge in [-0.2, -0.15) is 0 Å². The molecule has 3 atom stereocenters. The highest BCUT2D eigenvalue weighted by atomic mass is 35.5. The van der Waals surface area contributed by atoms with Crippen molar-refractivity contribution >= 4 is 29.2 Å². The van der Waals surface area contributed by atoms with Crippen LogP contribution in [0, 0.1) is 5.92 Å². The van der Waals surface area contributed by atoms with E-state index in [1.165, 1.54) is 7.11 Å². The Balaban J connectivity index is 1.85. The van der Waals surface area contributed by atoms with Crippen molar-refractivity contribution in [3.63, 3.8) is 0 Å². The fraction of sp³-hybridized carbons (Fsp3) is 0.333. The number of rotatable bonds is 2. The van der Waals surface area contributed by atoms with E-state index in [2.05, 4.69) is 0 Å². The summed E-state index contributed by atoms with van der Waals surface area (Å²) in [6.45, 7) is 2.30. The van der Waals surface area contributed by atoms with Crippen LogP contribution in [0.2, 0.25) is 5.02 Å². The number of carbonyl (C=O) groups is 2. The van der Waals surface area contributed by atoms with Crippen molar-refractivity contribution in [3.05, 3.63) is 64.7 Å². The summed E-state index contributed by atoms with van der Waals surface area (Å²) in [7, 11) is 1.30. The van der Waals surface area contributed by atoms with Crippen LogP contribution >= 0.6 is 11.6 Å². The van der Waals surface area contributed by atoms with E-state index in [0.29, 0.717) is 18.1 Å². The van der Waals surface area contributed by atoms with Crippen LogP contribution in [0.4, 0.5) is 5.69 Å². The molecular weight excluding hydrogens is 366 g/mol. The standard InChI is InChI=1S/C21H20ClNO4/c1-21-11-15(14-8-4-5-9-16(14)22)18(20(25)26-2)19(24)23(21)17-10-6-3-7-13(17)12-27-21/h3-10,15,18H,11-12H2,1-2H3/t15-,18-,21-/m1/s1. The van der Waals surface area contributed by atoms with Gasteiger partial charge in [-0.15, -0.1) is 0 Å². The summed E-state index contributed by atoms with van der Waals surface area (Å²) < 4.78 is 11.1. The Labute approximate surface area is 162 Å². The van der Waals surface area contributed by atoms with Gasteiger partial charge in [-0.25, -0.2) is 0 Å². The highest BCUT2D eigenvalue weighted by Gasteiger charge is 2.55. The lowest BCUT2D eigenvalue weighted by Gasteiger charge is -2.52. The first-order valence-electron chi connectivity index (χ1n) is 8.84. The molecule has 0 saturated carbocycles. The van der Waals surface area contributed by atoms with Gasteiger partial charge in [0.2, 0.25) is 5.91 Å². The molecule has 2 aromatic carbocycles. The van der Waals surface area contributed by atoms with Crippen LogP contribution in [0.5, 0.6) is 0 Å². The Morgan fingerprint density at radius 3 is 2.67 bits per heavy atom. The molecule has 2 aliphatic rings. The van der Waals surface area contributed by atoms with Gasteiger partial charge in [-0.05, 0) is 24.6 Å². The van der Waals surface area contributed by atoms with Crippen molar-refractivity contribution in [2.45, 2.75) is 31.6 Å². The molecule has 2 aliphatic heterocycles. The third-order valence-electron chi connectivity index (χ3n) is 5.49. The number of hydrogen-bond donors (Lipinski definition) is 0. The van der Waals surface area contributed by atoms with Crippen LogP contribution in [0.15, 0.2) is 48.5 Å². The van der Waals surface area contributed by atoms with Crippen molar-refractivity contribution in [2.75, 3.05) is 12.0 Å². The second-order valence-corrected chi connectivity index (χ2v) is 7.51. The number of benzene rings is 2. The normalized spacial score (nSPS) is 26.9. The lowest BCUT2D eigenvalue weighted by molar-refractivity contribution is -0.159. The Kier molecular flexibility index (Phi) is 4.44. The van der Waals surface area contributed by atoms with Crippen LogP contribution in [-0.2, 0) is 25.7 Å². The number of piperidine rings is 1. The molecule has 0 aromatic heterocycles. The van der Waals surface area contributed by atoms with Gasteiger partial charge in [0.05, 0.1) is 19.4 Å². The van der Waals surface area contributed by atoms with E-state index in [4.69, 9.17) is 21.1 Å². The third kappa shape index (κ3) is 2.82. The number of hydrogen-bond acceptors (Lipinski definition) is 4. The minimum Gasteiger partial charge on any atom is -0.468 e. The van der Waals surface area contributed by atoms with E-state index in [1.54, 1.807) is 11.0 Å². The number of anilines is 1. The molecule has 0 aliphatic carbocycles. The fourth-order valence-corrected chi connectivity index (χ4v) is 4.48. The molecule has 2 aromatic rings. The summed E-state index contributed by atoms with van der Waals surface area (Å²) in [6.07, 6.45) is 0.441. The number of nitrogens with zero attached hydrogens (tertiary/aromatic N) is 1. The number of para-hydroxylation sites is 1. The van der Waals surface area contributed by atoms with Gasteiger partial charge in [-0.1, -0.05) is 48.0 Å². The summed E-state index contributed by atoms with van der Waals surface area (Å²) in [6, 6.07) is 14.9. The van der Waals surface area contributed by atoms with E-state index >= 15 is 0 Å². The number of carbonyl (C=O) groups excluding carboxylic acids is 2. The maximum Gasteiger partial charge on any atom is 0.318 e. The maximum absolute atomic E-state index is 13.5. The minimum atomic E-state index is -0.974. The van der Waals surface area contributed by atoms with Crippen molar-refractivity contribution in [1.29, 1.82) is 0 Å². The van der Waals surface area contributed by atoms with Crippen molar-refractivity contribution in [2.24, 2.45) is 5.92 Å². The van der Waals surface area contributed by atoms with E-state index in [0.717, 1.165) is 16.8 Å². The second kappa shape index (κ2) is 6.66. The smallest absolute Gasteiger partial charge is 0.318 e. The predicted molar refractivity (Wildman–Crippen MR) is 101 cm³/mol. The molecule has 0 unspecified atom stereocenters. The first-order valence-corrected chi connectivity index (χ1v) is 9.22. The number of ether oxygens (including phenoxy) is 2. The third-order valence-corrected chi connectivity index (χ3v) is 5.84. The number of fused-ring (bicyclic) bond motifs is 3. The summed E-state index contributed by atoms with van der Waals surface area (Å²) >= 11 is 6.40. The zero-order valence-electron chi connectivity index (χ0n) is 15.1. The molecule has 1 amide bonds. The summed E-state index contributed by atoms with van der Waals surface area (Å²) in [5, 5.41) is 0.525. The zero-order valence-corrected chi connectivity index (χ0v) is 15.9. The zero-order chi connectivity index (χ0) is 19.2. The first kappa shape index (κ1) is 18.0. The Bertz CT molecular complexity index is 915. The molecule has 5 nitrogen and oxygen atoms in total. The molecule has 0 radical (unpaired) electrons. The Morgan fingerprint density at radius 2 is 1.93 bits per heavy atom. The van der Waals surface area contributed by atoms with Crippen molar-refractivity contribution in [3.8, 4) is 0 Å². The van der Waals surface area contributed by atoms with Gasteiger partial charge in [0.1, 0.15) is 11.6 Å². The number of methoxy groups -OCH3 is 1. The van der Waals surface area contributed by atoms with E-state index in [1.807, 2.05) is 49.4 Å². The molecule has 1 saturated heterocycles. The largest absolute Gasteiger partial charge is 0.468 e. The van der Waals surface area contributed by atoms with Crippen LogP contribution in [-0.4, -0.2) is 24.7 Å². The van der Waals surface area contributed by atoms with Crippen LogP contribution in [0.1, 0.15) is 30.4 Å². The molecule has 4 rings (SSSR count). The minimum absolute atomic E-state index is 0.326. The Hall–Kier alpha value is -2.37. The molecule has 0 spiro atoms. The van der Waals surface area contributed by atoms with Crippen LogP contribution in [0.3, 0.4) is 0 Å². The number of amides is 1. The average molecular weight is 386 g/mol. The molecule has 140 valence electrons. The van der Waals surface area contributed by atoms with E-state index in [9.17, 15) is 9.59 Å². The monoisotopic (exact) mass is 385 g/mol. The molecule has 27 heavy (non-hydrogen) atoms. The van der Waals surface area contributed by atoms with Gasteiger partial charge in [0.15, 0.2) is 0 Å². The van der Waals surface area contributed by atoms with Gasteiger partial charge >= 0.3 is 5.97 Å². The molecule has 0 N–H and O–H groups in total. The molecule has 0 bridgehead atoms. The fourth-order valence-electron chi connectivity index (χ4n) is 4.20. The first-order chi connectivity index (χ1) is 13.0. The van der Waals surface area contributed by atoms with Gasteiger partial charge < -0.3 is 9.47 Å². The number of esters is 1. The van der Waals surface area contributed by atoms with E-state index in [-0.39, 0.29) is 5.91 Å². The Morgan fingerprint density at radius 1 is 1.22 bits per heavy atom. The second-order valence-electron chi connectivity index (χ2n) is 7.10. The summed E-state index contributed by atoms with van der Waals surface area (Å²) in [4.78, 5) is 27.7. The topological polar surface area (TPSA) is 55.8 Å². The van der Waals surface area contributed by atoms with Gasteiger partial charge in [0.25, 0.3) is 0 Å². The highest BCUT2D eigenvalue weighted by Crippen LogP contribution is 2.49. The van der Waals surface area contributed by atoms with Crippen molar-refractivity contribution < 1.29 is 19.1 Å². The lowest BCUT2D eigenvalue weighted by atomic mass is 9.75. The quantitative estimate of drug-likeness (QED) is 0.581.